The average molecular weight is 1420 g/mol. The molecule has 572 valence electrons. The van der Waals surface area contributed by atoms with E-state index < -0.39 is 22.6 Å². The van der Waals surface area contributed by atoms with Crippen LogP contribution < -0.4 is 21.3 Å². The molecular weight excluding hydrogens is 1300 g/mol. The molecular formula is C80H128F3N5O13. The van der Waals surface area contributed by atoms with Crippen molar-refractivity contribution in [2.75, 3.05) is 19.8 Å². The summed E-state index contributed by atoms with van der Waals surface area (Å²) in [5.41, 5.74) is -2.37. The molecule has 0 bridgehead atoms. The van der Waals surface area contributed by atoms with Gasteiger partial charge < -0.3 is 35.5 Å². The van der Waals surface area contributed by atoms with Crippen LogP contribution in [-0.2, 0) is 62.2 Å². The number of esters is 3. The molecule has 4 aliphatic carbocycles. The average Bonchev–Trinajstić information content (AvgIpc) is 1.63. The normalized spacial score (nSPS) is 15.1. The fraction of sp³-hybridized carbons (Fsp3) is 0.688. The Morgan fingerprint density at radius 2 is 0.871 bits per heavy atom. The van der Waals surface area contributed by atoms with E-state index in [9.17, 15) is 61.1 Å². The Morgan fingerprint density at radius 3 is 1.11 bits per heavy atom. The monoisotopic (exact) mass is 1420 g/mol. The van der Waals surface area contributed by atoms with Gasteiger partial charge in [0.15, 0.2) is 5.78 Å². The van der Waals surface area contributed by atoms with Gasteiger partial charge in [0.2, 0.25) is 23.5 Å². The lowest BCUT2D eigenvalue weighted by atomic mass is 9.82. The molecule has 0 spiro atoms. The summed E-state index contributed by atoms with van der Waals surface area (Å²) >= 11 is 0. The Labute approximate surface area is 606 Å². The molecule has 2 saturated carbocycles. The van der Waals surface area contributed by atoms with Gasteiger partial charge in [0.05, 0.1) is 25.9 Å². The number of hydrogen-bond acceptors (Lipinski definition) is 14. The Kier molecular flexibility index (Phi) is 44.3. The quantitative estimate of drug-likeness (QED) is 0.0301. The largest absolute Gasteiger partial charge is 0.464 e. The number of hydrogen-bond donors (Lipinski definition) is 4. The number of nitriles is 1. The van der Waals surface area contributed by atoms with Crippen molar-refractivity contribution in [2.24, 2.45) is 37.9 Å². The number of ketones is 3. The van der Waals surface area contributed by atoms with Gasteiger partial charge in [-0.25, -0.2) is 22.8 Å². The summed E-state index contributed by atoms with van der Waals surface area (Å²) in [6, 6.07) is 2.11. The second-order valence-corrected chi connectivity index (χ2v) is 34.9. The first kappa shape index (κ1) is 102. The van der Waals surface area contributed by atoms with E-state index in [4.69, 9.17) is 34.0 Å². The van der Waals surface area contributed by atoms with E-state index in [1.807, 2.05) is 178 Å². The molecule has 0 radical (unpaired) electrons. The van der Waals surface area contributed by atoms with Crippen LogP contribution in [0.1, 0.15) is 278 Å². The number of terminal acetylenes is 3. The van der Waals surface area contributed by atoms with E-state index >= 15 is 0 Å². The van der Waals surface area contributed by atoms with E-state index in [1.165, 1.54) is 26.8 Å². The van der Waals surface area contributed by atoms with Gasteiger partial charge in [-0.15, -0.1) is 19.3 Å². The van der Waals surface area contributed by atoms with Gasteiger partial charge in [0.1, 0.15) is 34.1 Å². The summed E-state index contributed by atoms with van der Waals surface area (Å²) in [7, 11) is 0. The molecule has 0 unspecified atom stereocenters. The molecule has 0 aromatic rings. The molecule has 0 saturated heterocycles. The maximum Gasteiger partial charge on any atom is 0.384 e. The van der Waals surface area contributed by atoms with Crippen molar-refractivity contribution in [1.82, 2.24) is 21.3 Å². The second-order valence-electron chi connectivity index (χ2n) is 34.9. The number of amides is 4. The number of Topliss-reactive ketones (excluding diaryl/α,β-unsaturated/α-hetero) is 3. The first-order chi connectivity index (χ1) is 45.1. The maximum absolute atomic E-state index is 13.3. The van der Waals surface area contributed by atoms with Gasteiger partial charge in [-0.05, 0) is 203 Å². The van der Waals surface area contributed by atoms with Crippen molar-refractivity contribution in [3.05, 3.63) is 46.9 Å². The van der Waals surface area contributed by atoms with Crippen LogP contribution in [0, 0.1) is 86.3 Å². The fourth-order valence-corrected chi connectivity index (χ4v) is 7.21. The molecule has 4 aliphatic rings. The van der Waals surface area contributed by atoms with Crippen molar-refractivity contribution in [3.8, 4) is 43.1 Å². The van der Waals surface area contributed by atoms with Crippen molar-refractivity contribution in [3.63, 3.8) is 0 Å². The first-order valence-corrected chi connectivity index (χ1v) is 34.0. The Hall–Kier alpha value is -7.78. The molecule has 4 amide bonds. The van der Waals surface area contributed by atoms with Crippen molar-refractivity contribution in [1.29, 1.82) is 5.26 Å². The zero-order chi connectivity index (χ0) is 81.1. The summed E-state index contributed by atoms with van der Waals surface area (Å²) in [5, 5.41) is 19.5. The number of rotatable bonds is 10. The lowest BCUT2D eigenvalue weighted by Crippen LogP contribution is -2.41. The minimum Gasteiger partial charge on any atom is -0.464 e. The standard InChI is InChI=1S/C11H18FNO.C11H18O3.C10H16FNO.C9H16FNO.C9H13NO.C8H14O2.C8H12O2.C7H11NO.C7H10O/c1-11(2,3)13-10(14)8-6-4-5-7-9(8)12;1-8(12)11(5-6-11)9(13)14-7-10(2,3)4;1-10(2,3)12-9(13)7-5-4-6-8(7)11;1-6(7(2)10)8(12)11-9(3,4)5;1-8(2,3)7(11)9(6-10)4-5-9;2*1-5-7(9)10-6-8(2,3)4;1-5-6(9)8-7(2,3)4;1-5-6(8)7(2,3)4/h4-7H2,1-3H3,(H,13,14);5-7H2,1-4H3;4-6H2,1-3H3,(H,12,13);1-5H3,(H,11,12);4-5H2,1-3H3;5H,1,6H2,2-4H3;1H,6H2,2-4H3;1H,2-4H3,(H,8,9);1H,2-4H3/b;;;7-6-;;;;;. The van der Waals surface area contributed by atoms with Crippen molar-refractivity contribution < 1.29 is 75.3 Å². The van der Waals surface area contributed by atoms with Gasteiger partial charge in [0, 0.05) is 61.7 Å². The molecule has 0 aromatic heterocycles. The minimum atomic E-state index is -0.773. The van der Waals surface area contributed by atoms with Crippen LogP contribution in [0.15, 0.2) is 46.9 Å². The molecule has 0 atom stereocenters. The molecule has 0 aliphatic heterocycles. The fourth-order valence-electron chi connectivity index (χ4n) is 7.21. The minimum absolute atomic E-state index is 0.00743. The number of carbonyl (C=O) groups excluding carboxylic acids is 10. The van der Waals surface area contributed by atoms with E-state index in [0.29, 0.717) is 69.5 Å². The van der Waals surface area contributed by atoms with Gasteiger partial charge in [-0.3, -0.25) is 38.4 Å². The van der Waals surface area contributed by atoms with Crippen LogP contribution in [0.3, 0.4) is 0 Å². The Bertz CT molecular complexity index is 3080. The van der Waals surface area contributed by atoms with Crippen LogP contribution in [-0.4, -0.2) is 101 Å². The lowest BCUT2D eigenvalue weighted by Gasteiger charge is -2.23. The molecule has 4 rings (SSSR count). The highest BCUT2D eigenvalue weighted by atomic mass is 19.1. The number of ether oxygens (including phenoxy) is 3. The number of nitrogens with zero attached hydrogens (tertiary/aromatic N) is 1. The molecule has 0 heterocycles. The highest BCUT2D eigenvalue weighted by molar-refractivity contribution is 6.05. The van der Waals surface area contributed by atoms with E-state index in [-0.39, 0.29) is 119 Å². The molecule has 21 heteroatoms. The smallest absolute Gasteiger partial charge is 0.384 e. The second kappa shape index (κ2) is 43.9. The summed E-state index contributed by atoms with van der Waals surface area (Å²) in [4.78, 5) is 111. The van der Waals surface area contributed by atoms with Gasteiger partial charge >= 0.3 is 17.9 Å². The maximum atomic E-state index is 13.3. The van der Waals surface area contributed by atoms with Gasteiger partial charge in [-0.2, -0.15) is 5.26 Å². The predicted molar refractivity (Wildman–Crippen MR) is 396 cm³/mol. The SMILES string of the molecule is C#CC(=O)C(C)(C)C.C#CC(=O)NC(C)(C)C.C#CC(=O)OCC(C)(C)C.C/C(F)=C(\C)C(=O)NC(C)(C)C.C=CC(=O)OCC(C)(C)C.CC(=O)C1(C(=O)OCC(C)(C)C)CC1.CC(C)(C)C(=O)C1(C#N)CC1.CC(C)(C)NC(=O)C1=C(F)CCC1.CC(C)(C)NC(=O)C1=C(F)CCCC1. The summed E-state index contributed by atoms with van der Waals surface area (Å²) in [6.45, 7) is 60.1. The zero-order valence-corrected chi connectivity index (χ0v) is 67.3. The molecule has 101 heavy (non-hydrogen) atoms. The van der Waals surface area contributed by atoms with Crippen LogP contribution in [0.4, 0.5) is 13.2 Å². The highest BCUT2D eigenvalue weighted by Gasteiger charge is 2.56. The third-order valence-electron chi connectivity index (χ3n) is 13.0. The predicted octanol–water partition coefficient (Wildman–Crippen LogP) is 15.8. The summed E-state index contributed by atoms with van der Waals surface area (Å²) in [5.74, 6) is 2.46. The van der Waals surface area contributed by atoms with Crippen molar-refractivity contribution >= 4 is 58.9 Å². The van der Waals surface area contributed by atoms with Crippen LogP contribution >= 0.6 is 0 Å². The number of allylic oxidation sites excluding steroid dienone is 3. The van der Waals surface area contributed by atoms with Crippen LogP contribution in [0.2, 0.25) is 0 Å². The summed E-state index contributed by atoms with van der Waals surface area (Å²) in [6.07, 6.45) is 23.0. The summed E-state index contributed by atoms with van der Waals surface area (Å²) < 4.78 is 53.5. The van der Waals surface area contributed by atoms with E-state index in [2.05, 4.69) is 44.6 Å². The molecule has 4 N–H and O–H groups in total. The van der Waals surface area contributed by atoms with Crippen molar-refractivity contribution in [2.45, 2.75) is 300 Å². The van der Waals surface area contributed by atoms with Gasteiger partial charge in [-0.1, -0.05) is 110 Å². The lowest BCUT2D eigenvalue weighted by molar-refractivity contribution is -0.156. The highest BCUT2D eigenvalue weighted by Crippen LogP contribution is 2.50. The van der Waals surface area contributed by atoms with E-state index in [1.54, 1.807) is 20.8 Å². The van der Waals surface area contributed by atoms with Crippen LogP contribution in [0.25, 0.3) is 0 Å². The zero-order valence-electron chi connectivity index (χ0n) is 67.3. The van der Waals surface area contributed by atoms with Gasteiger partial charge in [0.25, 0.3) is 5.91 Å². The van der Waals surface area contributed by atoms with E-state index in [0.717, 1.165) is 32.1 Å². The Morgan fingerprint density at radius 1 is 0.505 bits per heavy atom. The third kappa shape index (κ3) is 53.7. The molecule has 0 aromatic carbocycles. The van der Waals surface area contributed by atoms with Crippen LogP contribution in [0.5, 0.6) is 0 Å². The topological polar surface area (TPSA) is 270 Å². The first-order valence-electron chi connectivity index (χ1n) is 34.0. The number of halogens is 3. The Balaban J connectivity index is -0.000000344. The molecule has 2 fully saturated rings. The third-order valence-corrected chi connectivity index (χ3v) is 13.0. The number of carbonyl (C=O) groups is 10. The molecule has 18 nitrogen and oxygen atoms in total. The number of nitrogens with one attached hydrogen (secondary N) is 4.